The molecule has 1 heterocycles. The molecule has 3 rings (SSSR count). The molecule has 2 aromatic rings. The molecule has 0 radical (unpaired) electrons. The van der Waals surface area contributed by atoms with Gasteiger partial charge in [-0.05, 0) is 24.6 Å². The Bertz CT molecular complexity index is 893. The highest BCUT2D eigenvalue weighted by molar-refractivity contribution is 6.21. The maximum Gasteiger partial charge on any atom is 0.408 e. The van der Waals surface area contributed by atoms with Crippen molar-refractivity contribution in [2.24, 2.45) is 0 Å². The fraction of sp³-hybridized carbons (Fsp3) is 0.200. The number of hydrazine groups is 1. The first kappa shape index (κ1) is 19.1. The number of benzene rings is 2. The first-order valence-corrected chi connectivity index (χ1v) is 8.62. The largest absolute Gasteiger partial charge is 0.445 e. The fourth-order valence-electron chi connectivity index (χ4n) is 2.83. The molecule has 0 bridgehead atoms. The molecule has 0 saturated heterocycles. The number of hydrogen-bond donors (Lipinski definition) is 1. The summed E-state index contributed by atoms with van der Waals surface area (Å²) < 4.78 is 5.08. The summed E-state index contributed by atoms with van der Waals surface area (Å²) in [6.45, 7) is 1.50. The molecule has 1 atom stereocenters. The molecule has 28 heavy (non-hydrogen) atoms. The minimum atomic E-state index is -1.00. The average molecular weight is 381 g/mol. The number of amides is 4. The summed E-state index contributed by atoms with van der Waals surface area (Å²) >= 11 is 0. The number of nitrogens with one attached hydrogen (secondary N) is 1. The van der Waals surface area contributed by atoms with Gasteiger partial charge in [0.2, 0.25) is 0 Å². The number of likely N-dealkylation sites (N-methyl/N-ethyl adjacent to an activating group) is 1. The summed E-state index contributed by atoms with van der Waals surface area (Å²) in [6.07, 6.45) is -0.777. The highest BCUT2D eigenvalue weighted by atomic mass is 16.5. The highest BCUT2D eigenvalue weighted by Crippen LogP contribution is 2.23. The van der Waals surface area contributed by atoms with E-state index in [2.05, 4.69) is 5.32 Å². The second-order valence-corrected chi connectivity index (χ2v) is 6.26. The standard InChI is InChI=1S/C20H19N3O5/c1-13(21-20(27)28-12-14-8-4-3-5-9-14)17(24)22(2)23-18(25)15-10-6-7-11-16(15)19(23)26/h3-11,13H,12H2,1-2H3,(H,21,27)/t13-/m0/s1. The highest BCUT2D eigenvalue weighted by Gasteiger charge is 2.40. The summed E-state index contributed by atoms with van der Waals surface area (Å²) in [5, 5.41) is 4.08. The van der Waals surface area contributed by atoms with Crippen molar-refractivity contribution in [1.29, 1.82) is 0 Å². The van der Waals surface area contributed by atoms with Crippen LogP contribution in [0.3, 0.4) is 0 Å². The Hall–Kier alpha value is -3.68. The quantitative estimate of drug-likeness (QED) is 0.799. The monoisotopic (exact) mass is 381 g/mol. The molecule has 0 aromatic heterocycles. The molecule has 144 valence electrons. The van der Waals surface area contributed by atoms with Crippen molar-refractivity contribution in [3.8, 4) is 0 Å². The lowest BCUT2D eigenvalue weighted by Gasteiger charge is -2.28. The van der Waals surface area contributed by atoms with Crippen molar-refractivity contribution < 1.29 is 23.9 Å². The van der Waals surface area contributed by atoms with E-state index in [4.69, 9.17) is 4.74 Å². The van der Waals surface area contributed by atoms with E-state index in [0.29, 0.717) is 0 Å². The molecule has 0 fully saturated rings. The summed E-state index contributed by atoms with van der Waals surface area (Å²) in [5.41, 5.74) is 1.27. The zero-order valence-electron chi connectivity index (χ0n) is 15.4. The van der Waals surface area contributed by atoms with E-state index in [-0.39, 0.29) is 17.7 Å². The van der Waals surface area contributed by atoms with E-state index in [0.717, 1.165) is 15.6 Å². The fourth-order valence-corrected chi connectivity index (χ4v) is 2.83. The first-order chi connectivity index (χ1) is 13.4. The molecule has 1 N–H and O–H groups in total. The van der Waals surface area contributed by atoms with Gasteiger partial charge in [-0.15, -0.1) is 0 Å². The third-order valence-electron chi connectivity index (χ3n) is 4.31. The van der Waals surface area contributed by atoms with Crippen LogP contribution in [0, 0.1) is 0 Å². The Morgan fingerprint density at radius 2 is 1.54 bits per heavy atom. The molecule has 1 aliphatic rings. The number of fused-ring (bicyclic) bond motifs is 1. The van der Waals surface area contributed by atoms with Crippen LogP contribution in [-0.2, 0) is 16.1 Å². The lowest BCUT2D eigenvalue weighted by atomic mass is 10.1. The Labute approximate surface area is 161 Å². The Kier molecular flexibility index (Phi) is 5.39. The number of nitrogens with zero attached hydrogens (tertiary/aromatic N) is 2. The molecular formula is C20H19N3O5. The van der Waals surface area contributed by atoms with Crippen molar-refractivity contribution in [2.75, 3.05) is 7.05 Å². The maximum absolute atomic E-state index is 12.6. The zero-order chi connectivity index (χ0) is 20.3. The number of hydrogen-bond acceptors (Lipinski definition) is 5. The van der Waals surface area contributed by atoms with Gasteiger partial charge in [0.05, 0.1) is 11.1 Å². The van der Waals surface area contributed by atoms with Gasteiger partial charge in [0.15, 0.2) is 0 Å². The SMILES string of the molecule is C[C@H](NC(=O)OCc1ccccc1)C(=O)N(C)N1C(=O)c2ccccc2C1=O. The number of ether oxygens (including phenoxy) is 1. The van der Waals surface area contributed by atoms with Crippen molar-refractivity contribution in [3.05, 3.63) is 71.3 Å². The van der Waals surface area contributed by atoms with E-state index in [1.54, 1.807) is 24.3 Å². The number of alkyl carbamates (subject to hydrolysis) is 1. The molecule has 2 aromatic carbocycles. The van der Waals surface area contributed by atoms with Crippen LogP contribution in [0.25, 0.3) is 0 Å². The molecule has 0 unspecified atom stereocenters. The predicted molar refractivity (Wildman–Crippen MR) is 98.9 cm³/mol. The van der Waals surface area contributed by atoms with Crippen LogP contribution in [0.5, 0.6) is 0 Å². The number of carbonyl (C=O) groups excluding carboxylic acids is 4. The summed E-state index contributed by atoms with van der Waals surface area (Å²) in [6, 6.07) is 14.4. The van der Waals surface area contributed by atoms with E-state index in [9.17, 15) is 19.2 Å². The van der Waals surface area contributed by atoms with Crippen LogP contribution in [0.1, 0.15) is 33.2 Å². The van der Waals surface area contributed by atoms with Gasteiger partial charge in [-0.25, -0.2) is 9.80 Å². The summed E-state index contributed by atoms with van der Waals surface area (Å²) in [4.78, 5) is 49.4. The average Bonchev–Trinajstić information content (AvgIpc) is 2.97. The van der Waals surface area contributed by atoms with Crippen molar-refractivity contribution >= 4 is 23.8 Å². The smallest absolute Gasteiger partial charge is 0.408 e. The topological polar surface area (TPSA) is 96.0 Å². The summed E-state index contributed by atoms with van der Waals surface area (Å²) in [5.74, 6) is -1.81. The molecule has 0 saturated carbocycles. The lowest BCUT2D eigenvalue weighted by Crippen LogP contribution is -2.54. The van der Waals surface area contributed by atoms with Gasteiger partial charge in [0, 0.05) is 7.05 Å². The van der Waals surface area contributed by atoms with E-state index < -0.39 is 29.9 Å². The molecule has 4 amide bonds. The van der Waals surface area contributed by atoms with Gasteiger partial charge in [-0.3, -0.25) is 14.4 Å². The Morgan fingerprint density at radius 3 is 2.11 bits per heavy atom. The number of rotatable bonds is 5. The molecule has 8 nitrogen and oxygen atoms in total. The van der Waals surface area contributed by atoms with Gasteiger partial charge < -0.3 is 10.1 Å². The third-order valence-corrected chi connectivity index (χ3v) is 4.31. The van der Waals surface area contributed by atoms with Gasteiger partial charge in [0.25, 0.3) is 17.7 Å². The second kappa shape index (κ2) is 7.91. The molecule has 1 aliphatic heterocycles. The Balaban J connectivity index is 1.59. The van der Waals surface area contributed by atoms with Crippen LogP contribution >= 0.6 is 0 Å². The maximum atomic E-state index is 12.6. The third kappa shape index (κ3) is 3.71. The normalized spacial score (nSPS) is 13.7. The van der Waals surface area contributed by atoms with E-state index in [1.807, 2.05) is 18.2 Å². The lowest BCUT2D eigenvalue weighted by molar-refractivity contribution is -0.140. The minimum absolute atomic E-state index is 0.0574. The van der Waals surface area contributed by atoms with Crippen molar-refractivity contribution in [3.63, 3.8) is 0 Å². The van der Waals surface area contributed by atoms with E-state index in [1.165, 1.54) is 26.1 Å². The molecule has 0 aliphatic carbocycles. The molecule has 0 spiro atoms. The van der Waals surface area contributed by atoms with Crippen LogP contribution in [0.15, 0.2) is 54.6 Å². The van der Waals surface area contributed by atoms with Gasteiger partial charge >= 0.3 is 6.09 Å². The van der Waals surface area contributed by atoms with Crippen LogP contribution in [0.2, 0.25) is 0 Å². The van der Waals surface area contributed by atoms with E-state index >= 15 is 0 Å². The van der Waals surface area contributed by atoms with Crippen LogP contribution < -0.4 is 5.32 Å². The zero-order valence-corrected chi connectivity index (χ0v) is 15.4. The molecular weight excluding hydrogens is 362 g/mol. The van der Waals surface area contributed by atoms with Crippen molar-refractivity contribution in [2.45, 2.75) is 19.6 Å². The van der Waals surface area contributed by atoms with Crippen molar-refractivity contribution in [1.82, 2.24) is 15.3 Å². The van der Waals surface area contributed by atoms with Crippen LogP contribution in [-0.4, -0.2) is 46.9 Å². The molecule has 8 heteroatoms. The number of carbonyl (C=O) groups is 4. The van der Waals surface area contributed by atoms with Gasteiger partial charge in [-0.2, -0.15) is 5.01 Å². The number of imide groups is 1. The minimum Gasteiger partial charge on any atom is -0.445 e. The van der Waals surface area contributed by atoms with Gasteiger partial charge in [-0.1, -0.05) is 42.5 Å². The predicted octanol–water partition coefficient (Wildman–Crippen LogP) is 1.97. The Morgan fingerprint density at radius 1 is 1.00 bits per heavy atom. The first-order valence-electron chi connectivity index (χ1n) is 8.62. The second-order valence-electron chi connectivity index (χ2n) is 6.26. The van der Waals surface area contributed by atoms with Gasteiger partial charge in [0.1, 0.15) is 12.6 Å². The van der Waals surface area contributed by atoms with Crippen LogP contribution in [0.4, 0.5) is 4.79 Å². The summed E-state index contributed by atoms with van der Waals surface area (Å²) in [7, 11) is 1.30.